The highest BCUT2D eigenvalue weighted by atomic mass is 19.3. The van der Waals surface area contributed by atoms with Crippen LogP contribution in [0.5, 0.6) is 11.5 Å². The Morgan fingerprint density at radius 1 is 0.254 bits per heavy atom. The van der Waals surface area contributed by atoms with Crippen molar-refractivity contribution >= 4 is 23.4 Å². The SMILES string of the molecule is Fc1c(F)c(F)c(-c2c(F)c(F)c(F)c(F)c2OB(Oc2c(F)c(F)c(F)c3c2C(F)(F)c2c(F)c(F)c(F)c(F)c2-3)c2c(F)c(F)c(F)c3c(F)c(F)c(F)c(F)c23)c(F)c1F. The third-order valence-electron chi connectivity index (χ3n) is 9.17. The van der Waals surface area contributed by atoms with Gasteiger partial charge in [-0.2, -0.15) is 17.6 Å². The summed E-state index contributed by atoms with van der Waals surface area (Å²) < 4.78 is 384. The number of hydrogen-bond donors (Lipinski definition) is 0. The second-order valence-electron chi connectivity index (χ2n) is 12.4. The fourth-order valence-electron chi connectivity index (χ4n) is 6.44. The van der Waals surface area contributed by atoms with Crippen LogP contribution in [-0.2, 0) is 5.92 Å². The monoisotopic (exact) mass is 938 g/mol. The number of fused-ring (bicyclic) bond motifs is 4. The van der Waals surface area contributed by atoms with Crippen LogP contribution in [0.25, 0.3) is 33.0 Å². The van der Waals surface area contributed by atoms with E-state index in [0.29, 0.717) is 0 Å². The number of halogens is 25. The van der Waals surface area contributed by atoms with Crippen molar-refractivity contribution in [1.82, 2.24) is 0 Å². The summed E-state index contributed by atoms with van der Waals surface area (Å²) in [5, 5.41) is -5.52. The average Bonchev–Trinajstić information content (AvgIpc) is 3.49. The molecule has 0 saturated carbocycles. The van der Waals surface area contributed by atoms with Crippen LogP contribution >= 0.6 is 0 Å². The molecule has 330 valence electrons. The van der Waals surface area contributed by atoms with Gasteiger partial charge in [0.15, 0.2) is 122 Å². The summed E-state index contributed by atoms with van der Waals surface area (Å²) in [6.07, 6.45) is 0. The molecule has 63 heavy (non-hydrogen) atoms. The van der Waals surface area contributed by atoms with Crippen LogP contribution < -0.4 is 14.8 Å². The molecular formula is C35BF25O2. The summed E-state index contributed by atoms with van der Waals surface area (Å²) in [5.41, 5.74) is -20.1. The number of rotatable bonds is 6. The van der Waals surface area contributed by atoms with Crippen molar-refractivity contribution in [2.75, 3.05) is 0 Å². The van der Waals surface area contributed by atoms with Gasteiger partial charge in [0, 0.05) is 16.5 Å². The smallest absolute Gasteiger partial charge is 0.519 e. The molecule has 0 amide bonds. The summed E-state index contributed by atoms with van der Waals surface area (Å²) in [7, 11) is -4.65. The van der Waals surface area contributed by atoms with E-state index >= 15 is 52.7 Å². The van der Waals surface area contributed by atoms with E-state index in [1.807, 2.05) is 0 Å². The molecule has 0 fully saturated rings. The number of alkyl halides is 2. The summed E-state index contributed by atoms with van der Waals surface area (Å²) in [6.45, 7) is 0. The second kappa shape index (κ2) is 14.5. The summed E-state index contributed by atoms with van der Waals surface area (Å²) in [5.74, 6) is -87.2. The lowest BCUT2D eigenvalue weighted by Gasteiger charge is -2.25. The van der Waals surface area contributed by atoms with E-state index in [-0.39, 0.29) is 0 Å². The van der Waals surface area contributed by atoms with Crippen LogP contribution in [0, 0.1) is 134 Å². The predicted octanol–water partition coefficient (Wildman–Crippen LogP) is 11.7. The quantitative estimate of drug-likeness (QED) is 0.0717. The van der Waals surface area contributed by atoms with E-state index in [1.165, 1.54) is 0 Å². The van der Waals surface area contributed by atoms with Gasteiger partial charge in [0.25, 0.3) is 0 Å². The van der Waals surface area contributed by atoms with Gasteiger partial charge in [-0.3, -0.25) is 0 Å². The van der Waals surface area contributed by atoms with Gasteiger partial charge >= 0.3 is 13.0 Å². The maximum atomic E-state index is 16.0. The molecular weight excluding hydrogens is 938 g/mol. The molecule has 0 spiro atoms. The summed E-state index contributed by atoms with van der Waals surface area (Å²) >= 11 is 0. The Morgan fingerprint density at radius 2 is 0.556 bits per heavy atom. The van der Waals surface area contributed by atoms with Crippen LogP contribution in [-0.4, -0.2) is 7.12 Å². The van der Waals surface area contributed by atoms with Gasteiger partial charge in [-0.1, -0.05) is 0 Å². The molecule has 0 aromatic heterocycles. The molecule has 2 nitrogen and oxygen atoms in total. The van der Waals surface area contributed by atoms with Crippen molar-refractivity contribution in [3.05, 3.63) is 145 Å². The highest BCUT2D eigenvalue weighted by molar-refractivity contribution is 6.66. The third kappa shape index (κ3) is 5.80. The van der Waals surface area contributed by atoms with Crippen LogP contribution in [0.2, 0.25) is 0 Å². The van der Waals surface area contributed by atoms with Crippen molar-refractivity contribution in [3.8, 4) is 33.8 Å². The molecule has 1 aliphatic carbocycles. The Labute approximate surface area is 327 Å². The van der Waals surface area contributed by atoms with E-state index < -0.39 is 208 Å². The largest absolute Gasteiger partial charge is 0.636 e. The van der Waals surface area contributed by atoms with E-state index in [2.05, 4.69) is 9.31 Å². The molecule has 0 heterocycles. The fraction of sp³-hybridized carbons (Fsp3) is 0.0286. The van der Waals surface area contributed by atoms with Crippen molar-refractivity contribution in [2.24, 2.45) is 0 Å². The molecule has 28 heteroatoms. The first-order valence-corrected chi connectivity index (χ1v) is 15.6. The van der Waals surface area contributed by atoms with Gasteiger partial charge in [0.1, 0.15) is 0 Å². The van der Waals surface area contributed by atoms with Gasteiger partial charge in [-0.25, -0.2) is 92.2 Å². The van der Waals surface area contributed by atoms with Gasteiger partial charge < -0.3 is 9.31 Å². The number of benzene rings is 6. The van der Waals surface area contributed by atoms with E-state index in [9.17, 15) is 57.1 Å². The Balaban J connectivity index is 1.67. The van der Waals surface area contributed by atoms with E-state index in [1.54, 1.807) is 0 Å². The standard InChI is InChI=1S/C35BF25O2/c37-10-1-2-8(35(60,61)7(1)18(45)28(55)21(10)48)34(32(59)27(54)11(2)38)63-36(9-3-4(13(40)20(47)19(9)46)14(41)23(50)22(49)12(3)39)62-33-6(17(44)26(53)30(57)31(33)58)5-15(42)24(51)29(56)25(52)16(5)43. The maximum absolute atomic E-state index is 16.0. The first kappa shape index (κ1) is 44.5. The molecule has 0 aliphatic heterocycles. The van der Waals surface area contributed by atoms with Crippen LogP contribution in [0.15, 0.2) is 0 Å². The van der Waals surface area contributed by atoms with Crippen molar-refractivity contribution in [2.45, 2.75) is 5.92 Å². The highest BCUT2D eigenvalue weighted by Crippen LogP contribution is 2.59. The van der Waals surface area contributed by atoms with Crippen LogP contribution in [0.1, 0.15) is 11.1 Å². The minimum atomic E-state index is -5.92. The molecule has 6 aromatic carbocycles. The van der Waals surface area contributed by atoms with Gasteiger partial charge in [0.2, 0.25) is 23.3 Å². The molecule has 0 saturated heterocycles. The fourth-order valence-corrected chi connectivity index (χ4v) is 6.44. The van der Waals surface area contributed by atoms with Crippen molar-refractivity contribution in [3.63, 3.8) is 0 Å². The Kier molecular flexibility index (Phi) is 10.3. The molecule has 6 aromatic rings. The van der Waals surface area contributed by atoms with Crippen molar-refractivity contribution in [1.29, 1.82) is 0 Å². The predicted molar refractivity (Wildman–Crippen MR) is 156 cm³/mol. The van der Waals surface area contributed by atoms with Gasteiger partial charge in [-0.05, 0) is 0 Å². The lowest BCUT2D eigenvalue weighted by Crippen LogP contribution is -2.47. The normalized spacial score (nSPS) is 13.0. The maximum Gasteiger partial charge on any atom is 0.636 e. The Morgan fingerprint density at radius 3 is 1.05 bits per heavy atom. The Bertz CT molecular complexity index is 3060. The lowest BCUT2D eigenvalue weighted by molar-refractivity contribution is 0.0404. The minimum absolute atomic E-state index is 2.57. The van der Waals surface area contributed by atoms with Crippen LogP contribution in [0.4, 0.5) is 110 Å². The zero-order valence-corrected chi connectivity index (χ0v) is 28.3. The van der Waals surface area contributed by atoms with Gasteiger partial charge in [-0.15, -0.1) is 0 Å². The van der Waals surface area contributed by atoms with Crippen molar-refractivity contribution < 1.29 is 119 Å². The topological polar surface area (TPSA) is 18.5 Å². The molecule has 7 rings (SSSR count). The van der Waals surface area contributed by atoms with Gasteiger partial charge in [0.05, 0.1) is 33.1 Å². The molecule has 1 aliphatic rings. The minimum Gasteiger partial charge on any atom is -0.519 e. The van der Waals surface area contributed by atoms with E-state index in [4.69, 9.17) is 0 Å². The first-order valence-electron chi connectivity index (χ1n) is 15.6. The molecule has 0 N–H and O–H groups in total. The van der Waals surface area contributed by atoms with E-state index in [0.717, 1.165) is 0 Å². The number of hydrogen-bond acceptors (Lipinski definition) is 2. The second-order valence-corrected chi connectivity index (χ2v) is 12.4. The summed E-state index contributed by atoms with van der Waals surface area (Å²) in [4.78, 5) is 0. The average molecular weight is 938 g/mol. The molecule has 0 atom stereocenters. The highest BCUT2D eigenvalue weighted by Gasteiger charge is 2.56. The zero-order chi connectivity index (χ0) is 47.1. The summed E-state index contributed by atoms with van der Waals surface area (Å²) in [6, 6.07) is 0. The molecule has 0 radical (unpaired) electrons. The molecule has 0 unspecified atom stereocenters. The van der Waals surface area contributed by atoms with Crippen LogP contribution in [0.3, 0.4) is 0 Å². The lowest BCUT2D eigenvalue weighted by atomic mass is 9.74. The third-order valence-corrected chi connectivity index (χ3v) is 9.17. The first-order chi connectivity index (χ1) is 29.2. The zero-order valence-electron chi connectivity index (χ0n) is 28.3. The Hall–Kier alpha value is -6.51. The molecule has 0 bridgehead atoms.